The molecule has 1 aliphatic rings. The van der Waals surface area contributed by atoms with E-state index >= 15 is 0 Å². The summed E-state index contributed by atoms with van der Waals surface area (Å²) >= 11 is 5.78. The van der Waals surface area contributed by atoms with Gasteiger partial charge in [0.25, 0.3) is 5.91 Å². The molecule has 4 nitrogen and oxygen atoms in total. The van der Waals surface area contributed by atoms with Crippen LogP contribution in [-0.4, -0.2) is 24.5 Å². The van der Waals surface area contributed by atoms with Gasteiger partial charge in [-0.3, -0.25) is 9.59 Å². The number of benzene rings is 2. The van der Waals surface area contributed by atoms with Crippen LogP contribution >= 0.6 is 11.6 Å². The largest absolute Gasteiger partial charge is 0.466 e. The fraction of sp³-hybridized carbons (Fsp3) is 0.333. The first-order chi connectivity index (χ1) is 14.3. The van der Waals surface area contributed by atoms with E-state index in [-0.39, 0.29) is 34.4 Å². The number of aryl methyl sites for hydroxylation is 2. The van der Waals surface area contributed by atoms with E-state index in [2.05, 4.69) is 11.4 Å². The molecule has 3 atom stereocenters. The highest BCUT2D eigenvalue weighted by Gasteiger charge is 2.34. The maximum Gasteiger partial charge on any atom is 0.314 e. The molecule has 0 bridgehead atoms. The minimum Gasteiger partial charge on any atom is -0.466 e. The Hall–Kier alpha value is -2.66. The third kappa shape index (κ3) is 5.08. The standard InChI is InChI=1S/C24H25ClFNO3/c1-4-30-24(29)22(18-10-14(2)9-15(3)11-18)16-5-7-19(12-16)27-23(28)17-6-8-21(26)20(25)13-17/h5-11,13,16,19,22H,4,12H2,1-3H3,(H,27,28)/t16-,19+,22-/m0/s1. The Morgan fingerprint density at radius 2 is 1.87 bits per heavy atom. The summed E-state index contributed by atoms with van der Waals surface area (Å²) in [4.78, 5) is 25.3. The highest BCUT2D eigenvalue weighted by molar-refractivity contribution is 6.31. The Labute approximate surface area is 181 Å². The number of nitrogens with one attached hydrogen (secondary N) is 1. The van der Waals surface area contributed by atoms with E-state index in [1.807, 2.05) is 38.1 Å². The molecule has 30 heavy (non-hydrogen) atoms. The summed E-state index contributed by atoms with van der Waals surface area (Å²) < 4.78 is 18.7. The van der Waals surface area contributed by atoms with E-state index < -0.39 is 11.7 Å². The number of ether oxygens (including phenoxy) is 1. The van der Waals surface area contributed by atoms with Crippen molar-refractivity contribution in [2.75, 3.05) is 6.61 Å². The topological polar surface area (TPSA) is 55.4 Å². The molecule has 0 aromatic heterocycles. The molecule has 0 saturated heterocycles. The number of halogens is 2. The van der Waals surface area contributed by atoms with E-state index in [1.54, 1.807) is 6.92 Å². The average molecular weight is 430 g/mol. The first-order valence-electron chi connectivity index (χ1n) is 9.97. The molecule has 0 aliphatic heterocycles. The number of rotatable bonds is 6. The van der Waals surface area contributed by atoms with Crippen LogP contribution in [0.2, 0.25) is 5.02 Å². The van der Waals surface area contributed by atoms with Crippen LogP contribution < -0.4 is 5.32 Å². The molecule has 0 spiro atoms. The molecule has 6 heteroatoms. The van der Waals surface area contributed by atoms with Crippen LogP contribution in [0.5, 0.6) is 0 Å². The molecule has 2 aromatic rings. The van der Waals surface area contributed by atoms with Gasteiger partial charge in [-0.15, -0.1) is 0 Å². The summed E-state index contributed by atoms with van der Waals surface area (Å²) in [5.74, 6) is -1.73. The summed E-state index contributed by atoms with van der Waals surface area (Å²) in [7, 11) is 0. The van der Waals surface area contributed by atoms with Crippen molar-refractivity contribution in [3.63, 3.8) is 0 Å². The predicted octanol–water partition coefficient (Wildman–Crippen LogP) is 5.12. The van der Waals surface area contributed by atoms with Crippen molar-refractivity contribution < 1.29 is 18.7 Å². The second-order valence-corrected chi connectivity index (χ2v) is 8.05. The molecule has 158 valence electrons. The summed E-state index contributed by atoms with van der Waals surface area (Å²) in [5, 5.41) is 2.82. The number of hydrogen-bond acceptors (Lipinski definition) is 3. The Balaban J connectivity index is 1.76. The molecule has 1 amide bonds. The molecule has 0 saturated carbocycles. The zero-order chi connectivity index (χ0) is 21.8. The first kappa shape index (κ1) is 22.0. The molecule has 0 radical (unpaired) electrons. The molecule has 2 aromatic carbocycles. The lowest BCUT2D eigenvalue weighted by molar-refractivity contribution is -0.146. The summed E-state index contributed by atoms with van der Waals surface area (Å²) in [6.45, 7) is 6.10. The fourth-order valence-corrected chi connectivity index (χ4v) is 4.13. The molecule has 0 fully saturated rings. The summed E-state index contributed by atoms with van der Waals surface area (Å²) in [6, 6.07) is 9.70. The van der Waals surface area contributed by atoms with E-state index in [0.29, 0.717) is 13.0 Å². The number of allylic oxidation sites excluding steroid dienone is 1. The summed E-state index contributed by atoms with van der Waals surface area (Å²) in [6.07, 6.45) is 4.42. The van der Waals surface area contributed by atoms with Crippen LogP contribution in [0, 0.1) is 25.6 Å². The number of carbonyl (C=O) groups excluding carboxylic acids is 2. The SMILES string of the molecule is CCOC(=O)[C@H](c1cc(C)cc(C)c1)[C@H]1C=C[C@@H](NC(=O)c2ccc(F)c(Cl)c2)C1. The lowest BCUT2D eigenvalue weighted by Crippen LogP contribution is -2.34. The minimum atomic E-state index is -0.570. The van der Waals surface area contributed by atoms with Crippen LogP contribution in [0.25, 0.3) is 0 Å². The van der Waals surface area contributed by atoms with Crippen molar-refractivity contribution in [1.29, 1.82) is 0 Å². The van der Waals surface area contributed by atoms with E-state index in [4.69, 9.17) is 16.3 Å². The van der Waals surface area contributed by atoms with Crippen molar-refractivity contribution in [2.45, 2.75) is 39.2 Å². The van der Waals surface area contributed by atoms with Gasteiger partial charge in [-0.2, -0.15) is 0 Å². The Morgan fingerprint density at radius 3 is 2.50 bits per heavy atom. The number of esters is 1. The molecule has 1 N–H and O–H groups in total. The van der Waals surface area contributed by atoms with Gasteiger partial charge in [0.2, 0.25) is 0 Å². The molecular weight excluding hydrogens is 405 g/mol. The van der Waals surface area contributed by atoms with Crippen LogP contribution in [0.3, 0.4) is 0 Å². The lowest BCUT2D eigenvalue weighted by Gasteiger charge is -2.23. The van der Waals surface area contributed by atoms with Gasteiger partial charge in [0, 0.05) is 11.6 Å². The first-order valence-corrected chi connectivity index (χ1v) is 10.4. The van der Waals surface area contributed by atoms with Crippen LogP contribution in [0.4, 0.5) is 4.39 Å². The number of carbonyl (C=O) groups is 2. The molecule has 1 aliphatic carbocycles. The van der Waals surface area contributed by atoms with Gasteiger partial charge >= 0.3 is 5.97 Å². The second kappa shape index (κ2) is 9.43. The van der Waals surface area contributed by atoms with E-state index in [1.165, 1.54) is 18.2 Å². The minimum absolute atomic E-state index is 0.0975. The van der Waals surface area contributed by atoms with Crippen molar-refractivity contribution >= 4 is 23.5 Å². The van der Waals surface area contributed by atoms with Gasteiger partial charge in [0.15, 0.2) is 0 Å². The highest BCUT2D eigenvalue weighted by Crippen LogP contribution is 2.35. The maximum absolute atomic E-state index is 13.3. The molecular formula is C24H25ClFNO3. The van der Waals surface area contributed by atoms with Crippen molar-refractivity contribution in [3.05, 3.63) is 81.6 Å². The summed E-state index contributed by atoms with van der Waals surface area (Å²) in [5.41, 5.74) is 3.37. The number of amides is 1. The van der Waals surface area contributed by atoms with Crippen molar-refractivity contribution in [2.24, 2.45) is 5.92 Å². The van der Waals surface area contributed by atoms with Crippen molar-refractivity contribution in [1.82, 2.24) is 5.32 Å². The quantitative estimate of drug-likeness (QED) is 0.512. The third-order valence-corrected chi connectivity index (χ3v) is 5.48. The Bertz CT molecular complexity index is 968. The lowest BCUT2D eigenvalue weighted by atomic mass is 9.84. The van der Waals surface area contributed by atoms with Gasteiger partial charge < -0.3 is 10.1 Å². The van der Waals surface area contributed by atoms with Gasteiger partial charge in [-0.1, -0.05) is 53.1 Å². The van der Waals surface area contributed by atoms with Gasteiger partial charge in [0.05, 0.1) is 17.5 Å². The Kier molecular flexibility index (Phi) is 6.93. The second-order valence-electron chi connectivity index (χ2n) is 7.64. The molecule has 0 heterocycles. The molecule has 0 unspecified atom stereocenters. The normalized spacial score (nSPS) is 18.8. The Morgan fingerprint density at radius 1 is 1.17 bits per heavy atom. The van der Waals surface area contributed by atoms with Crippen LogP contribution in [0.15, 0.2) is 48.6 Å². The fourth-order valence-electron chi connectivity index (χ4n) is 3.95. The predicted molar refractivity (Wildman–Crippen MR) is 115 cm³/mol. The monoisotopic (exact) mass is 429 g/mol. The van der Waals surface area contributed by atoms with Crippen LogP contribution in [-0.2, 0) is 9.53 Å². The smallest absolute Gasteiger partial charge is 0.314 e. The highest BCUT2D eigenvalue weighted by atomic mass is 35.5. The van der Waals surface area contributed by atoms with Gasteiger partial charge in [-0.05, 0) is 56.9 Å². The van der Waals surface area contributed by atoms with Gasteiger partial charge in [-0.25, -0.2) is 4.39 Å². The average Bonchev–Trinajstić information content (AvgIpc) is 3.11. The molecule has 3 rings (SSSR count). The van der Waals surface area contributed by atoms with E-state index in [0.717, 1.165) is 16.7 Å². The zero-order valence-electron chi connectivity index (χ0n) is 17.2. The third-order valence-electron chi connectivity index (χ3n) is 5.19. The van der Waals surface area contributed by atoms with Crippen molar-refractivity contribution in [3.8, 4) is 0 Å². The maximum atomic E-state index is 13.3. The zero-order valence-corrected chi connectivity index (χ0v) is 18.0. The van der Waals surface area contributed by atoms with E-state index in [9.17, 15) is 14.0 Å². The van der Waals surface area contributed by atoms with Gasteiger partial charge in [0.1, 0.15) is 5.82 Å². The number of hydrogen-bond donors (Lipinski definition) is 1. The van der Waals surface area contributed by atoms with Crippen LogP contribution in [0.1, 0.15) is 46.3 Å².